The Kier molecular flexibility index (Phi) is 5.35. The molecular formula is C21H27N3O4. The quantitative estimate of drug-likeness (QED) is 0.738. The summed E-state index contributed by atoms with van der Waals surface area (Å²) >= 11 is 0. The van der Waals surface area contributed by atoms with Crippen LogP contribution in [0.1, 0.15) is 32.1 Å². The molecule has 1 aromatic carbocycles. The summed E-state index contributed by atoms with van der Waals surface area (Å²) in [7, 11) is 1.58. The summed E-state index contributed by atoms with van der Waals surface area (Å²) in [6, 6.07) is 6.55. The van der Waals surface area contributed by atoms with Crippen molar-refractivity contribution in [3.63, 3.8) is 0 Å². The minimum atomic E-state index is -0.419. The third kappa shape index (κ3) is 3.51. The second-order valence-corrected chi connectivity index (χ2v) is 7.83. The summed E-state index contributed by atoms with van der Waals surface area (Å²) in [5.41, 5.74) is 0.581. The molecule has 1 aromatic rings. The number of carbonyl (C=O) groups excluding carboxylic acids is 3. The van der Waals surface area contributed by atoms with Crippen molar-refractivity contribution in [3.8, 4) is 5.75 Å². The minimum absolute atomic E-state index is 0.0549. The zero-order valence-corrected chi connectivity index (χ0v) is 16.3. The van der Waals surface area contributed by atoms with E-state index in [-0.39, 0.29) is 30.1 Å². The molecule has 3 heterocycles. The van der Waals surface area contributed by atoms with Crippen LogP contribution >= 0.6 is 0 Å². The average Bonchev–Trinajstić information content (AvgIpc) is 3.36. The highest BCUT2D eigenvalue weighted by Gasteiger charge is 2.44. The maximum absolute atomic E-state index is 13.0. The molecule has 0 spiro atoms. The fourth-order valence-electron chi connectivity index (χ4n) is 4.56. The topological polar surface area (TPSA) is 70.2 Å². The Labute approximate surface area is 165 Å². The Hall–Kier alpha value is -2.41. The molecule has 28 heavy (non-hydrogen) atoms. The molecule has 0 aliphatic carbocycles. The van der Waals surface area contributed by atoms with Gasteiger partial charge in [-0.2, -0.15) is 0 Å². The number of rotatable bonds is 4. The number of amides is 3. The zero-order chi connectivity index (χ0) is 19.7. The van der Waals surface area contributed by atoms with Crippen molar-refractivity contribution in [3.05, 3.63) is 24.3 Å². The molecule has 0 radical (unpaired) electrons. The molecule has 3 fully saturated rings. The van der Waals surface area contributed by atoms with Crippen LogP contribution in [0.25, 0.3) is 0 Å². The van der Waals surface area contributed by atoms with Gasteiger partial charge < -0.3 is 9.64 Å². The van der Waals surface area contributed by atoms with Gasteiger partial charge in [0.2, 0.25) is 11.8 Å². The molecule has 150 valence electrons. The molecule has 3 amide bonds. The molecule has 3 aliphatic heterocycles. The van der Waals surface area contributed by atoms with Gasteiger partial charge in [-0.15, -0.1) is 0 Å². The Balaban J connectivity index is 1.38. The maximum atomic E-state index is 13.0. The molecule has 0 N–H and O–H groups in total. The normalized spacial score (nSPS) is 24.2. The van der Waals surface area contributed by atoms with E-state index in [0.29, 0.717) is 24.5 Å². The number of anilines is 1. The predicted molar refractivity (Wildman–Crippen MR) is 104 cm³/mol. The summed E-state index contributed by atoms with van der Waals surface area (Å²) in [5.74, 6) is 0.670. The van der Waals surface area contributed by atoms with Crippen molar-refractivity contribution in [2.24, 2.45) is 5.92 Å². The van der Waals surface area contributed by atoms with Crippen LogP contribution in [0.15, 0.2) is 24.3 Å². The van der Waals surface area contributed by atoms with Crippen molar-refractivity contribution in [1.82, 2.24) is 9.80 Å². The molecule has 3 saturated heterocycles. The van der Waals surface area contributed by atoms with Crippen molar-refractivity contribution in [1.29, 1.82) is 0 Å². The lowest BCUT2D eigenvalue weighted by Gasteiger charge is -2.35. The number of benzene rings is 1. The average molecular weight is 385 g/mol. The van der Waals surface area contributed by atoms with Gasteiger partial charge in [0.15, 0.2) is 0 Å². The van der Waals surface area contributed by atoms with Crippen molar-refractivity contribution in [2.45, 2.75) is 38.1 Å². The number of nitrogens with zero attached hydrogens (tertiary/aromatic N) is 3. The van der Waals surface area contributed by atoms with E-state index < -0.39 is 6.04 Å². The second kappa shape index (κ2) is 7.91. The van der Waals surface area contributed by atoms with E-state index in [1.807, 2.05) is 4.90 Å². The van der Waals surface area contributed by atoms with Crippen LogP contribution in [0.4, 0.5) is 5.69 Å². The van der Waals surface area contributed by atoms with Crippen LogP contribution in [-0.2, 0) is 14.4 Å². The SMILES string of the molecule is COc1ccc(N2C(=O)C[C@H](N3CCC(C(=O)N4CCCC4)CC3)C2=O)cc1. The van der Waals surface area contributed by atoms with Crippen LogP contribution in [0, 0.1) is 5.92 Å². The van der Waals surface area contributed by atoms with E-state index in [1.54, 1.807) is 31.4 Å². The fourth-order valence-corrected chi connectivity index (χ4v) is 4.56. The standard InChI is InChI=1S/C21H27N3O4/c1-28-17-6-4-16(5-7-17)24-19(25)14-18(21(24)27)22-12-8-15(9-13-22)20(26)23-10-2-3-11-23/h4-7,15,18H,2-3,8-14H2,1H3/t18-/m0/s1. The summed E-state index contributed by atoms with van der Waals surface area (Å²) in [4.78, 5) is 43.4. The molecule has 3 aliphatic rings. The van der Waals surface area contributed by atoms with Gasteiger partial charge in [0, 0.05) is 19.0 Å². The highest BCUT2D eigenvalue weighted by Crippen LogP contribution is 2.30. The first kappa shape index (κ1) is 18.9. The largest absolute Gasteiger partial charge is 0.497 e. The number of imide groups is 1. The van der Waals surface area contributed by atoms with Gasteiger partial charge in [0.1, 0.15) is 5.75 Å². The van der Waals surface area contributed by atoms with Gasteiger partial charge in [0.25, 0.3) is 5.91 Å². The van der Waals surface area contributed by atoms with Crippen molar-refractivity contribution < 1.29 is 19.1 Å². The summed E-state index contributed by atoms with van der Waals surface area (Å²) in [5, 5.41) is 0. The Bertz CT molecular complexity index is 749. The summed E-state index contributed by atoms with van der Waals surface area (Å²) in [6.07, 6.45) is 3.93. The van der Waals surface area contributed by atoms with Gasteiger partial charge in [-0.1, -0.05) is 0 Å². The number of ether oxygens (including phenoxy) is 1. The number of likely N-dealkylation sites (tertiary alicyclic amines) is 2. The molecular weight excluding hydrogens is 358 g/mol. The molecule has 1 atom stereocenters. The molecule has 4 rings (SSSR count). The van der Waals surface area contributed by atoms with E-state index in [0.717, 1.165) is 38.8 Å². The fraction of sp³-hybridized carbons (Fsp3) is 0.571. The smallest absolute Gasteiger partial charge is 0.251 e. The summed E-state index contributed by atoms with van der Waals surface area (Å²) < 4.78 is 5.14. The summed E-state index contributed by atoms with van der Waals surface area (Å²) in [6.45, 7) is 3.13. The van der Waals surface area contributed by atoms with Crippen molar-refractivity contribution in [2.75, 3.05) is 38.2 Å². The first-order valence-electron chi connectivity index (χ1n) is 10.1. The van der Waals surface area contributed by atoms with Gasteiger partial charge in [-0.05, 0) is 63.0 Å². The molecule has 0 bridgehead atoms. The number of methoxy groups -OCH3 is 1. The Morgan fingerprint density at radius 2 is 1.64 bits per heavy atom. The van der Waals surface area contributed by atoms with Gasteiger partial charge in [-0.25, -0.2) is 4.90 Å². The lowest BCUT2D eigenvalue weighted by molar-refractivity contribution is -0.136. The third-order valence-electron chi connectivity index (χ3n) is 6.19. The second-order valence-electron chi connectivity index (χ2n) is 7.83. The third-order valence-corrected chi connectivity index (χ3v) is 6.19. The molecule has 0 aromatic heterocycles. The number of piperidine rings is 1. The molecule has 0 unspecified atom stereocenters. The van der Waals surface area contributed by atoms with E-state index in [2.05, 4.69) is 4.90 Å². The van der Waals surface area contributed by atoms with E-state index in [4.69, 9.17) is 4.74 Å². The lowest BCUT2D eigenvalue weighted by atomic mass is 9.94. The van der Waals surface area contributed by atoms with Gasteiger partial charge in [0.05, 0.1) is 25.3 Å². The first-order chi connectivity index (χ1) is 13.6. The van der Waals surface area contributed by atoms with Gasteiger partial charge >= 0.3 is 0 Å². The zero-order valence-electron chi connectivity index (χ0n) is 16.3. The van der Waals surface area contributed by atoms with E-state index in [9.17, 15) is 14.4 Å². The van der Waals surface area contributed by atoms with Gasteiger partial charge in [-0.3, -0.25) is 19.3 Å². The number of hydrogen-bond acceptors (Lipinski definition) is 5. The molecule has 7 heteroatoms. The maximum Gasteiger partial charge on any atom is 0.251 e. The number of hydrogen-bond donors (Lipinski definition) is 0. The van der Waals surface area contributed by atoms with E-state index in [1.165, 1.54) is 4.90 Å². The van der Waals surface area contributed by atoms with Crippen LogP contribution in [-0.4, -0.2) is 66.9 Å². The minimum Gasteiger partial charge on any atom is -0.497 e. The Morgan fingerprint density at radius 3 is 2.25 bits per heavy atom. The highest BCUT2D eigenvalue weighted by atomic mass is 16.5. The lowest BCUT2D eigenvalue weighted by Crippen LogP contribution is -2.48. The van der Waals surface area contributed by atoms with Crippen LogP contribution in [0.5, 0.6) is 5.75 Å². The van der Waals surface area contributed by atoms with Crippen molar-refractivity contribution >= 4 is 23.4 Å². The van der Waals surface area contributed by atoms with Crippen LogP contribution in [0.3, 0.4) is 0 Å². The van der Waals surface area contributed by atoms with E-state index >= 15 is 0 Å². The monoisotopic (exact) mass is 385 g/mol. The highest BCUT2D eigenvalue weighted by molar-refractivity contribution is 6.22. The van der Waals surface area contributed by atoms with Crippen LogP contribution in [0.2, 0.25) is 0 Å². The molecule has 0 saturated carbocycles. The molecule has 7 nitrogen and oxygen atoms in total. The predicted octanol–water partition coefficient (Wildman–Crippen LogP) is 1.66. The van der Waals surface area contributed by atoms with Crippen LogP contribution < -0.4 is 9.64 Å². The first-order valence-corrected chi connectivity index (χ1v) is 10.1. The Morgan fingerprint density at radius 1 is 1.00 bits per heavy atom. The number of carbonyl (C=O) groups is 3.